The number of nitrogens with one attached hydrogen (secondary N) is 2. The van der Waals surface area contributed by atoms with Crippen molar-refractivity contribution in [1.82, 2.24) is 15.0 Å². The van der Waals surface area contributed by atoms with Gasteiger partial charge in [-0.05, 0) is 33.0 Å². The molecule has 2 aromatic heterocycles. The lowest BCUT2D eigenvalue weighted by Gasteiger charge is -2.29. The summed E-state index contributed by atoms with van der Waals surface area (Å²) in [6.45, 7) is 4.84. The first kappa shape index (κ1) is 23.0. The highest BCUT2D eigenvalue weighted by Crippen LogP contribution is 2.27. The van der Waals surface area contributed by atoms with Crippen LogP contribution in [0.2, 0.25) is 0 Å². The van der Waals surface area contributed by atoms with E-state index < -0.39 is 0 Å². The molecule has 0 bridgehead atoms. The molecule has 2 N–H and O–H groups in total. The number of carbonyl (C=O) groups excluding carboxylic acids is 2. The molecule has 166 valence electrons. The fourth-order valence-corrected chi connectivity index (χ4v) is 3.72. The zero-order valence-corrected chi connectivity index (χ0v) is 18.8. The van der Waals surface area contributed by atoms with Crippen LogP contribution in [0.5, 0.6) is 0 Å². The van der Waals surface area contributed by atoms with Crippen LogP contribution in [0.25, 0.3) is 22.2 Å². The van der Waals surface area contributed by atoms with Crippen LogP contribution in [0.4, 0.5) is 5.88 Å². The van der Waals surface area contributed by atoms with Crippen LogP contribution in [0, 0.1) is 0 Å². The minimum Gasteiger partial charge on any atom is -0.357 e. The van der Waals surface area contributed by atoms with E-state index >= 15 is 0 Å². The number of hydrogen-bond donors (Lipinski definition) is 2. The molecule has 0 radical (unpaired) electrons. The largest absolute Gasteiger partial charge is 0.357 e. The van der Waals surface area contributed by atoms with Gasteiger partial charge in [0, 0.05) is 41.7 Å². The molecule has 0 amide bonds. The Morgan fingerprint density at radius 3 is 2.34 bits per heavy atom. The van der Waals surface area contributed by atoms with Crippen molar-refractivity contribution in [2.45, 2.75) is 19.4 Å². The number of nitrogens with zero attached hydrogens (tertiary/aromatic N) is 2. The average molecular weight is 433 g/mol. The molecule has 4 rings (SSSR count). The zero-order chi connectivity index (χ0) is 23.1. The summed E-state index contributed by atoms with van der Waals surface area (Å²) in [5, 5.41) is 10.9. The van der Waals surface area contributed by atoms with Crippen LogP contribution in [0.3, 0.4) is 0 Å². The van der Waals surface area contributed by atoms with Gasteiger partial charge in [-0.25, -0.2) is 0 Å². The summed E-state index contributed by atoms with van der Waals surface area (Å²) in [6, 6.07) is 19.1. The number of aldehydes is 2. The van der Waals surface area contributed by atoms with E-state index in [0.29, 0.717) is 17.1 Å². The van der Waals surface area contributed by atoms with Crippen molar-refractivity contribution in [3.63, 3.8) is 0 Å². The van der Waals surface area contributed by atoms with E-state index in [4.69, 9.17) is 4.52 Å². The van der Waals surface area contributed by atoms with Crippen molar-refractivity contribution in [3.05, 3.63) is 71.9 Å². The highest BCUT2D eigenvalue weighted by molar-refractivity contribution is 5.92. The molecule has 0 aliphatic heterocycles. The van der Waals surface area contributed by atoms with E-state index in [2.05, 4.69) is 29.6 Å². The molecule has 0 fully saturated rings. The maximum atomic E-state index is 11.3. The first-order valence-electron chi connectivity index (χ1n) is 10.3. The second-order valence-corrected chi connectivity index (χ2v) is 7.99. The topological polar surface area (TPSA) is 89.2 Å². The molecule has 7 nitrogen and oxygen atoms in total. The van der Waals surface area contributed by atoms with Gasteiger partial charge in [0.05, 0.1) is 11.2 Å². The predicted octanol–water partition coefficient (Wildman–Crippen LogP) is 4.60. The van der Waals surface area contributed by atoms with Gasteiger partial charge in [-0.2, -0.15) is 0 Å². The molecule has 0 atom stereocenters. The second kappa shape index (κ2) is 10.1. The lowest BCUT2D eigenvalue weighted by molar-refractivity contribution is 0.110. The quantitative estimate of drug-likeness (QED) is 0.415. The number of hydrogen-bond acceptors (Lipinski definition) is 6. The molecular weight excluding hydrogens is 404 g/mol. The number of aromatic nitrogens is 2. The van der Waals surface area contributed by atoms with E-state index in [1.165, 1.54) is 0 Å². The maximum Gasteiger partial charge on any atom is 0.225 e. The molecule has 7 heteroatoms. The summed E-state index contributed by atoms with van der Waals surface area (Å²) in [5.74, 6) is 0.679. The number of likely N-dealkylation sites (N-methyl/N-ethyl adjacent to an activating group) is 1. The molecule has 0 spiro atoms. The van der Waals surface area contributed by atoms with E-state index in [1.54, 1.807) is 13.1 Å². The Hall–Kier alpha value is -3.71. The predicted molar refractivity (Wildman–Crippen MR) is 127 cm³/mol. The van der Waals surface area contributed by atoms with Crippen molar-refractivity contribution in [2.24, 2.45) is 0 Å². The number of fused-ring (bicyclic) bond motifs is 1. The van der Waals surface area contributed by atoms with Gasteiger partial charge in [0.25, 0.3) is 0 Å². The summed E-state index contributed by atoms with van der Waals surface area (Å²) in [4.78, 5) is 22.2. The van der Waals surface area contributed by atoms with Gasteiger partial charge in [-0.15, -0.1) is 0 Å². The van der Waals surface area contributed by atoms with Gasteiger partial charge in [-0.1, -0.05) is 47.6 Å². The summed E-state index contributed by atoms with van der Waals surface area (Å²) < 4.78 is 6.99. The lowest BCUT2D eigenvalue weighted by Crippen LogP contribution is -2.37. The summed E-state index contributed by atoms with van der Waals surface area (Å²) in [7, 11) is 3.68. The average Bonchev–Trinajstić information content (AvgIpc) is 3.44. The van der Waals surface area contributed by atoms with E-state index in [-0.39, 0.29) is 5.54 Å². The van der Waals surface area contributed by atoms with E-state index in [1.807, 2.05) is 66.2 Å². The highest BCUT2D eigenvalue weighted by atomic mass is 16.5. The van der Waals surface area contributed by atoms with Gasteiger partial charge in [0.15, 0.2) is 6.29 Å². The molecule has 0 aliphatic carbocycles. The Bertz CT molecular complexity index is 1190. The van der Waals surface area contributed by atoms with Gasteiger partial charge in [0.2, 0.25) is 5.88 Å². The Labute approximate surface area is 187 Å². The molecule has 4 aromatic rings. The van der Waals surface area contributed by atoms with Crippen LogP contribution < -0.4 is 10.6 Å². The lowest BCUT2D eigenvalue weighted by atomic mass is 10.0. The first-order chi connectivity index (χ1) is 15.4. The third-order valence-electron chi connectivity index (χ3n) is 5.15. The van der Waals surface area contributed by atoms with E-state index in [9.17, 15) is 9.59 Å². The minimum atomic E-state index is -0.256. The number of anilines is 1. The molecule has 0 aliphatic rings. The molecular formula is C25H28N4O3. The molecule has 0 saturated heterocycles. The SMILES string of the molecule is CNCC(C)(C)n1c(C=O)cc2ccc(C=O)cc21.CNc1cc(-c2ccccc2)no1. The standard InChI is InChI=1S/C15H18N2O2.C10H10N2O/c1-15(2,10-16-3)17-13(9-19)7-12-5-4-11(8-18)6-14(12)17;1-11-10-7-9(12-13-10)8-5-3-2-4-6-8/h4-9,16H,10H2,1-3H3;2-7,11H,1H3. The van der Waals surface area contributed by atoms with Crippen molar-refractivity contribution in [3.8, 4) is 11.3 Å². The van der Waals surface area contributed by atoms with Crippen molar-refractivity contribution in [2.75, 3.05) is 26.0 Å². The fraction of sp³-hybridized carbons (Fsp3) is 0.240. The minimum absolute atomic E-state index is 0.256. The van der Waals surface area contributed by atoms with Gasteiger partial charge >= 0.3 is 0 Å². The monoisotopic (exact) mass is 432 g/mol. The summed E-state index contributed by atoms with van der Waals surface area (Å²) >= 11 is 0. The van der Waals surface area contributed by atoms with Crippen LogP contribution >= 0.6 is 0 Å². The van der Waals surface area contributed by atoms with Crippen LogP contribution in [0.15, 0.2) is 65.2 Å². The number of rotatable bonds is 7. The number of benzene rings is 2. The summed E-state index contributed by atoms with van der Waals surface area (Å²) in [5.41, 5.74) is 3.81. The smallest absolute Gasteiger partial charge is 0.225 e. The molecule has 0 unspecified atom stereocenters. The Kier molecular flexibility index (Phi) is 7.22. The highest BCUT2D eigenvalue weighted by Gasteiger charge is 2.24. The third-order valence-corrected chi connectivity index (χ3v) is 5.15. The van der Waals surface area contributed by atoms with E-state index in [0.717, 1.165) is 41.3 Å². The fourth-order valence-electron chi connectivity index (χ4n) is 3.72. The van der Waals surface area contributed by atoms with Gasteiger partial charge in [-0.3, -0.25) is 9.59 Å². The van der Waals surface area contributed by atoms with Crippen LogP contribution in [-0.4, -0.2) is 42.9 Å². The third kappa shape index (κ3) is 4.95. The summed E-state index contributed by atoms with van der Waals surface area (Å²) in [6.07, 6.45) is 1.68. The zero-order valence-electron chi connectivity index (χ0n) is 18.8. The van der Waals surface area contributed by atoms with Gasteiger partial charge < -0.3 is 19.7 Å². The Morgan fingerprint density at radius 2 is 1.75 bits per heavy atom. The molecule has 0 saturated carbocycles. The van der Waals surface area contributed by atoms with Gasteiger partial charge in [0.1, 0.15) is 12.0 Å². The molecule has 32 heavy (non-hydrogen) atoms. The maximum absolute atomic E-state index is 11.3. The second-order valence-electron chi connectivity index (χ2n) is 7.99. The van der Waals surface area contributed by atoms with Crippen molar-refractivity contribution < 1.29 is 14.1 Å². The van der Waals surface area contributed by atoms with Crippen molar-refractivity contribution in [1.29, 1.82) is 0 Å². The van der Waals surface area contributed by atoms with Crippen LogP contribution in [0.1, 0.15) is 34.7 Å². The Balaban J connectivity index is 0.000000193. The molecule has 2 heterocycles. The first-order valence-corrected chi connectivity index (χ1v) is 10.3. The normalized spacial score (nSPS) is 11.0. The Morgan fingerprint density at radius 1 is 1.00 bits per heavy atom. The van der Waals surface area contributed by atoms with Crippen LogP contribution in [-0.2, 0) is 5.54 Å². The molecule has 2 aromatic carbocycles. The number of carbonyl (C=O) groups is 2. The van der Waals surface area contributed by atoms with Crippen molar-refractivity contribution >= 4 is 29.4 Å².